The van der Waals surface area contributed by atoms with Gasteiger partial charge in [0.1, 0.15) is 29.8 Å². The molecule has 31 heavy (non-hydrogen) atoms. The molecule has 1 aromatic heterocycles. The zero-order valence-corrected chi connectivity index (χ0v) is 17.6. The van der Waals surface area contributed by atoms with Crippen LogP contribution in [0.3, 0.4) is 0 Å². The summed E-state index contributed by atoms with van der Waals surface area (Å²) < 4.78 is 7.08. The van der Waals surface area contributed by atoms with Gasteiger partial charge >= 0.3 is 6.03 Å². The van der Waals surface area contributed by atoms with Crippen molar-refractivity contribution in [2.24, 2.45) is 0 Å². The monoisotopic (exact) mass is 438 g/mol. The van der Waals surface area contributed by atoms with E-state index in [9.17, 15) is 10.1 Å². The fraction of sp³-hybridized carbons (Fsp3) is 0.227. The van der Waals surface area contributed by atoms with Gasteiger partial charge in [0.05, 0.1) is 17.9 Å². The number of urea groups is 1. The van der Waals surface area contributed by atoms with Crippen LogP contribution in [0.4, 0.5) is 10.6 Å². The minimum Gasteiger partial charge on any atom is -0.492 e. The fourth-order valence-corrected chi connectivity index (χ4v) is 3.05. The number of aromatic nitrogens is 2. The summed E-state index contributed by atoms with van der Waals surface area (Å²) in [6.07, 6.45) is 1.14. The molecule has 8 nitrogen and oxygen atoms in total. The normalized spacial score (nSPS) is 10.3. The minimum atomic E-state index is -0.283. The lowest BCUT2D eigenvalue weighted by molar-refractivity contribution is 0.236. The summed E-state index contributed by atoms with van der Waals surface area (Å²) in [5.74, 6) is 1.00. The highest BCUT2D eigenvalue weighted by Crippen LogP contribution is 2.21. The summed E-state index contributed by atoms with van der Waals surface area (Å²) >= 11 is 5.82. The number of para-hydroxylation sites is 1. The molecule has 0 spiro atoms. The summed E-state index contributed by atoms with van der Waals surface area (Å²) in [4.78, 5) is 11.9. The molecule has 0 saturated carbocycles. The van der Waals surface area contributed by atoms with Gasteiger partial charge in [0.25, 0.3) is 0 Å². The number of rotatable bonds is 9. The third-order valence-corrected chi connectivity index (χ3v) is 4.70. The summed E-state index contributed by atoms with van der Waals surface area (Å²) in [6.45, 7) is 1.15. The molecule has 0 unspecified atom stereocenters. The zero-order chi connectivity index (χ0) is 22.1. The standard InChI is InChI=1S/C22H23ClN6O2/c23-16-8-10-18(11-9-16)31-14-13-27-22(30)26-12-4-7-20-19(15-24)21(25)29(28-20)17-5-2-1-3-6-17/h1-3,5-6,8-11H,4,7,12-14,25H2,(H2,26,27,30). The van der Waals surface area contributed by atoms with Crippen molar-refractivity contribution in [2.45, 2.75) is 12.8 Å². The summed E-state index contributed by atoms with van der Waals surface area (Å²) in [7, 11) is 0. The maximum Gasteiger partial charge on any atom is 0.314 e. The van der Waals surface area contributed by atoms with Crippen molar-refractivity contribution < 1.29 is 9.53 Å². The van der Waals surface area contributed by atoms with Crippen LogP contribution in [0, 0.1) is 11.3 Å². The first kappa shape index (κ1) is 22.0. The molecule has 4 N–H and O–H groups in total. The van der Waals surface area contributed by atoms with Crippen LogP contribution in [0.25, 0.3) is 5.69 Å². The second-order valence-electron chi connectivity index (χ2n) is 6.65. The van der Waals surface area contributed by atoms with Gasteiger partial charge in [0, 0.05) is 11.6 Å². The van der Waals surface area contributed by atoms with Crippen molar-refractivity contribution in [1.29, 1.82) is 5.26 Å². The highest BCUT2D eigenvalue weighted by molar-refractivity contribution is 6.30. The summed E-state index contributed by atoms with van der Waals surface area (Å²) in [6, 6.07) is 18.3. The van der Waals surface area contributed by atoms with Crippen LogP contribution in [0.2, 0.25) is 5.02 Å². The molecule has 2 aromatic carbocycles. The Morgan fingerprint density at radius 2 is 1.84 bits per heavy atom. The van der Waals surface area contributed by atoms with E-state index in [0.29, 0.717) is 60.4 Å². The largest absolute Gasteiger partial charge is 0.492 e. The fourth-order valence-electron chi connectivity index (χ4n) is 2.93. The van der Waals surface area contributed by atoms with Gasteiger partial charge < -0.3 is 21.1 Å². The molecule has 160 valence electrons. The summed E-state index contributed by atoms with van der Waals surface area (Å²) in [5, 5.41) is 20.1. The van der Waals surface area contributed by atoms with E-state index in [1.165, 1.54) is 0 Å². The number of amides is 2. The third kappa shape index (κ3) is 6.14. The smallest absolute Gasteiger partial charge is 0.314 e. The molecule has 2 amide bonds. The highest BCUT2D eigenvalue weighted by atomic mass is 35.5. The molecule has 0 aliphatic rings. The van der Waals surface area contributed by atoms with Crippen LogP contribution in [0.1, 0.15) is 17.7 Å². The van der Waals surface area contributed by atoms with Crippen molar-refractivity contribution in [2.75, 3.05) is 25.4 Å². The van der Waals surface area contributed by atoms with Crippen molar-refractivity contribution in [1.82, 2.24) is 20.4 Å². The molecule has 0 aliphatic heterocycles. The molecule has 0 saturated heterocycles. The second kappa shape index (κ2) is 10.9. The predicted octanol–water partition coefficient (Wildman–Crippen LogP) is 3.29. The number of ether oxygens (including phenoxy) is 1. The lowest BCUT2D eigenvalue weighted by Crippen LogP contribution is -2.38. The number of hydrogen-bond donors (Lipinski definition) is 3. The van der Waals surface area contributed by atoms with Crippen LogP contribution in [-0.4, -0.2) is 35.5 Å². The molecule has 0 aliphatic carbocycles. The second-order valence-corrected chi connectivity index (χ2v) is 7.09. The first-order valence-electron chi connectivity index (χ1n) is 9.81. The molecular weight excluding hydrogens is 416 g/mol. The van der Waals surface area contributed by atoms with E-state index < -0.39 is 0 Å². The Bertz CT molecular complexity index is 1040. The van der Waals surface area contributed by atoms with Gasteiger partial charge in [-0.05, 0) is 49.2 Å². The van der Waals surface area contributed by atoms with Crippen LogP contribution in [-0.2, 0) is 6.42 Å². The average Bonchev–Trinajstić information content (AvgIpc) is 3.11. The van der Waals surface area contributed by atoms with E-state index in [-0.39, 0.29) is 6.03 Å². The van der Waals surface area contributed by atoms with Crippen LogP contribution >= 0.6 is 11.6 Å². The van der Waals surface area contributed by atoms with Gasteiger partial charge in [-0.15, -0.1) is 0 Å². The van der Waals surface area contributed by atoms with Crippen molar-refractivity contribution in [3.8, 4) is 17.5 Å². The number of nitrogens with zero attached hydrogens (tertiary/aromatic N) is 3. The van der Waals surface area contributed by atoms with Gasteiger partial charge in [-0.25, -0.2) is 9.48 Å². The Balaban J connectivity index is 1.40. The average molecular weight is 439 g/mol. The van der Waals surface area contributed by atoms with E-state index in [4.69, 9.17) is 22.1 Å². The number of hydrogen-bond acceptors (Lipinski definition) is 5. The van der Waals surface area contributed by atoms with E-state index in [0.717, 1.165) is 5.69 Å². The number of halogens is 1. The summed E-state index contributed by atoms with van der Waals surface area (Å²) in [5.41, 5.74) is 7.87. The van der Waals surface area contributed by atoms with Gasteiger partial charge in [-0.3, -0.25) is 0 Å². The predicted molar refractivity (Wildman–Crippen MR) is 119 cm³/mol. The number of benzene rings is 2. The molecule has 0 bridgehead atoms. The number of anilines is 1. The quantitative estimate of drug-likeness (QED) is 0.443. The molecule has 0 fully saturated rings. The molecule has 3 rings (SSSR count). The van der Waals surface area contributed by atoms with E-state index in [1.54, 1.807) is 28.9 Å². The molecule has 1 heterocycles. The number of nitriles is 1. The maximum absolute atomic E-state index is 11.9. The highest BCUT2D eigenvalue weighted by Gasteiger charge is 2.16. The van der Waals surface area contributed by atoms with E-state index >= 15 is 0 Å². The minimum absolute atomic E-state index is 0.283. The van der Waals surface area contributed by atoms with Crippen molar-refractivity contribution in [3.05, 3.63) is 70.9 Å². The molecular formula is C22H23ClN6O2. The Labute approximate surface area is 185 Å². The molecule has 3 aromatic rings. The van der Waals surface area contributed by atoms with Crippen LogP contribution in [0.15, 0.2) is 54.6 Å². The number of aryl methyl sites for hydroxylation is 1. The first-order chi connectivity index (χ1) is 15.1. The van der Waals surface area contributed by atoms with Crippen molar-refractivity contribution in [3.63, 3.8) is 0 Å². The molecule has 9 heteroatoms. The Morgan fingerprint density at radius 1 is 1.13 bits per heavy atom. The Hall–Kier alpha value is -3.70. The number of carbonyl (C=O) groups is 1. The Kier molecular flexibility index (Phi) is 7.73. The van der Waals surface area contributed by atoms with Gasteiger partial charge in [0.2, 0.25) is 0 Å². The van der Waals surface area contributed by atoms with Gasteiger partial charge in [-0.2, -0.15) is 10.4 Å². The Morgan fingerprint density at radius 3 is 2.55 bits per heavy atom. The number of nitrogens with one attached hydrogen (secondary N) is 2. The SMILES string of the molecule is N#Cc1c(CCCNC(=O)NCCOc2ccc(Cl)cc2)nn(-c2ccccc2)c1N. The van der Waals surface area contributed by atoms with Crippen molar-refractivity contribution >= 4 is 23.4 Å². The number of carbonyl (C=O) groups excluding carboxylic acids is 1. The third-order valence-electron chi connectivity index (χ3n) is 4.45. The van der Waals surface area contributed by atoms with Gasteiger partial charge in [0.15, 0.2) is 0 Å². The van der Waals surface area contributed by atoms with E-state index in [1.807, 2.05) is 30.3 Å². The molecule has 0 atom stereocenters. The lowest BCUT2D eigenvalue weighted by Gasteiger charge is -2.09. The lowest BCUT2D eigenvalue weighted by atomic mass is 10.1. The van der Waals surface area contributed by atoms with Crippen LogP contribution < -0.4 is 21.1 Å². The zero-order valence-electron chi connectivity index (χ0n) is 16.8. The van der Waals surface area contributed by atoms with Gasteiger partial charge in [-0.1, -0.05) is 29.8 Å². The van der Waals surface area contributed by atoms with Crippen LogP contribution in [0.5, 0.6) is 5.75 Å². The number of nitrogens with two attached hydrogens (primary N) is 1. The topological polar surface area (TPSA) is 118 Å². The molecule has 0 radical (unpaired) electrons. The first-order valence-corrected chi connectivity index (χ1v) is 10.2. The van der Waals surface area contributed by atoms with E-state index in [2.05, 4.69) is 21.8 Å². The maximum atomic E-state index is 11.9. The number of nitrogen functional groups attached to an aromatic ring is 1.